The van der Waals surface area contributed by atoms with Gasteiger partial charge in [-0.05, 0) is 31.5 Å². The van der Waals surface area contributed by atoms with Crippen molar-refractivity contribution in [3.05, 3.63) is 29.8 Å². The molecule has 0 bridgehead atoms. The molecule has 1 saturated heterocycles. The van der Waals surface area contributed by atoms with Crippen molar-refractivity contribution in [3.8, 4) is 0 Å². The Hall–Kier alpha value is -1.04. The molecule has 1 aliphatic heterocycles. The van der Waals surface area contributed by atoms with Gasteiger partial charge in [0.1, 0.15) is 0 Å². The normalized spacial score (nSPS) is 20.9. The van der Waals surface area contributed by atoms with E-state index in [4.69, 9.17) is 9.47 Å². The summed E-state index contributed by atoms with van der Waals surface area (Å²) in [5.74, 6) is 0.180. The van der Waals surface area contributed by atoms with Crippen LogP contribution in [0.5, 0.6) is 0 Å². The van der Waals surface area contributed by atoms with E-state index < -0.39 is 5.79 Å². The number of carbonyl (C=O) groups is 1. The fourth-order valence-corrected chi connectivity index (χ4v) is 2.85. The van der Waals surface area contributed by atoms with Crippen molar-refractivity contribution in [1.82, 2.24) is 0 Å². The van der Waals surface area contributed by atoms with Gasteiger partial charge in [-0.2, -0.15) is 0 Å². The van der Waals surface area contributed by atoms with Gasteiger partial charge in [0.15, 0.2) is 5.79 Å². The van der Waals surface area contributed by atoms with Gasteiger partial charge in [0.2, 0.25) is 0 Å². The SMILES string of the molecule is COC(=O)Cc1ccc(SC[C@@H]2COC(C)(C)O2)cc1. The number of rotatable bonds is 5. The van der Waals surface area contributed by atoms with E-state index in [1.807, 2.05) is 38.1 Å². The summed E-state index contributed by atoms with van der Waals surface area (Å²) < 4.78 is 15.9. The molecule has 0 spiro atoms. The first-order chi connectivity index (χ1) is 9.48. The van der Waals surface area contributed by atoms with E-state index in [-0.39, 0.29) is 12.1 Å². The number of ether oxygens (including phenoxy) is 3. The quantitative estimate of drug-likeness (QED) is 0.617. The molecule has 0 N–H and O–H groups in total. The number of hydrogen-bond acceptors (Lipinski definition) is 5. The van der Waals surface area contributed by atoms with Crippen LogP contribution in [0.25, 0.3) is 0 Å². The van der Waals surface area contributed by atoms with Crippen molar-refractivity contribution >= 4 is 17.7 Å². The average Bonchev–Trinajstić information content (AvgIpc) is 2.77. The number of hydrogen-bond donors (Lipinski definition) is 0. The molecule has 1 atom stereocenters. The van der Waals surface area contributed by atoms with Crippen molar-refractivity contribution in [3.63, 3.8) is 0 Å². The Morgan fingerprint density at radius 2 is 2.10 bits per heavy atom. The molecule has 0 unspecified atom stereocenters. The van der Waals surface area contributed by atoms with E-state index in [1.165, 1.54) is 7.11 Å². The highest BCUT2D eigenvalue weighted by Gasteiger charge is 2.32. The highest BCUT2D eigenvalue weighted by atomic mass is 32.2. The molecule has 0 saturated carbocycles. The Morgan fingerprint density at radius 3 is 2.65 bits per heavy atom. The summed E-state index contributed by atoms with van der Waals surface area (Å²) in [6, 6.07) is 7.94. The van der Waals surface area contributed by atoms with Crippen LogP contribution in [0.2, 0.25) is 0 Å². The van der Waals surface area contributed by atoms with E-state index >= 15 is 0 Å². The summed E-state index contributed by atoms with van der Waals surface area (Å²) in [7, 11) is 1.40. The zero-order chi connectivity index (χ0) is 14.6. The largest absolute Gasteiger partial charge is 0.469 e. The lowest BCUT2D eigenvalue weighted by Gasteiger charge is -2.16. The van der Waals surface area contributed by atoms with E-state index in [9.17, 15) is 4.79 Å². The summed E-state index contributed by atoms with van der Waals surface area (Å²) in [4.78, 5) is 12.3. The Kier molecular flexibility index (Phi) is 5.07. The third kappa shape index (κ3) is 4.51. The van der Waals surface area contributed by atoms with Gasteiger partial charge in [0.05, 0.1) is 26.2 Å². The zero-order valence-electron chi connectivity index (χ0n) is 12.0. The molecule has 4 nitrogen and oxygen atoms in total. The zero-order valence-corrected chi connectivity index (χ0v) is 12.9. The number of thioether (sulfide) groups is 1. The minimum absolute atomic E-state index is 0.129. The van der Waals surface area contributed by atoms with Crippen LogP contribution in [0.1, 0.15) is 19.4 Å². The van der Waals surface area contributed by atoms with Crippen LogP contribution in [0.3, 0.4) is 0 Å². The maximum atomic E-state index is 11.2. The number of carbonyl (C=O) groups excluding carboxylic acids is 1. The summed E-state index contributed by atoms with van der Waals surface area (Å²) in [6.45, 7) is 4.50. The second-order valence-electron chi connectivity index (χ2n) is 5.16. The van der Waals surface area contributed by atoms with Gasteiger partial charge in [-0.25, -0.2) is 0 Å². The van der Waals surface area contributed by atoms with Crippen LogP contribution in [0.15, 0.2) is 29.2 Å². The van der Waals surface area contributed by atoms with Gasteiger partial charge >= 0.3 is 5.97 Å². The maximum Gasteiger partial charge on any atom is 0.309 e. The molecule has 1 heterocycles. The minimum atomic E-state index is -0.463. The first-order valence-corrected chi connectivity index (χ1v) is 7.57. The Bertz CT molecular complexity index is 455. The van der Waals surface area contributed by atoms with Crippen molar-refractivity contribution in [2.24, 2.45) is 0 Å². The molecule has 20 heavy (non-hydrogen) atoms. The van der Waals surface area contributed by atoms with Crippen LogP contribution in [-0.2, 0) is 25.4 Å². The predicted octanol–water partition coefficient (Wildman–Crippen LogP) is 2.65. The third-order valence-electron chi connectivity index (χ3n) is 3.00. The monoisotopic (exact) mass is 296 g/mol. The molecule has 1 fully saturated rings. The van der Waals surface area contributed by atoms with Gasteiger partial charge in [-0.3, -0.25) is 4.79 Å². The van der Waals surface area contributed by atoms with E-state index in [1.54, 1.807) is 11.8 Å². The van der Waals surface area contributed by atoms with Crippen LogP contribution in [0, 0.1) is 0 Å². The molecule has 2 rings (SSSR count). The Labute approximate surface area is 123 Å². The topological polar surface area (TPSA) is 44.8 Å². The summed E-state index contributed by atoms with van der Waals surface area (Å²) in [6.07, 6.45) is 0.444. The van der Waals surface area contributed by atoms with Gasteiger partial charge in [-0.15, -0.1) is 11.8 Å². The van der Waals surface area contributed by atoms with Crippen molar-refractivity contribution in [1.29, 1.82) is 0 Å². The second kappa shape index (κ2) is 6.61. The summed E-state index contributed by atoms with van der Waals surface area (Å²) >= 11 is 1.73. The number of benzene rings is 1. The Balaban J connectivity index is 1.81. The van der Waals surface area contributed by atoms with Crippen molar-refractivity contribution in [2.45, 2.75) is 37.1 Å². The van der Waals surface area contributed by atoms with Crippen LogP contribution in [-0.4, -0.2) is 37.3 Å². The second-order valence-corrected chi connectivity index (χ2v) is 6.25. The molecular formula is C15H20O4S. The maximum absolute atomic E-state index is 11.2. The minimum Gasteiger partial charge on any atom is -0.469 e. The van der Waals surface area contributed by atoms with Crippen molar-refractivity contribution in [2.75, 3.05) is 19.5 Å². The summed E-state index contributed by atoms with van der Waals surface area (Å²) in [5, 5.41) is 0. The molecule has 110 valence electrons. The Morgan fingerprint density at radius 1 is 1.40 bits per heavy atom. The molecule has 0 aliphatic carbocycles. The van der Waals surface area contributed by atoms with Gasteiger partial charge in [-0.1, -0.05) is 12.1 Å². The van der Waals surface area contributed by atoms with Crippen LogP contribution in [0.4, 0.5) is 0 Å². The molecule has 0 amide bonds. The van der Waals surface area contributed by atoms with Crippen molar-refractivity contribution < 1.29 is 19.0 Å². The molecule has 5 heteroatoms. The van der Waals surface area contributed by atoms with Gasteiger partial charge in [0.25, 0.3) is 0 Å². The number of methoxy groups -OCH3 is 1. The molecule has 1 aromatic carbocycles. The van der Waals surface area contributed by atoms with Gasteiger partial charge < -0.3 is 14.2 Å². The summed E-state index contributed by atoms with van der Waals surface area (Å²) in [5.41, 5.74) is 0.961. The lowest BCUT2D eigenvalue weighted by molar-refractivity contribution is -0.139. The first kappa shape index (κ1) is 15.4. The fourth-order valence-electron chi connectivity index (χ4n) is 1.98. The molecule has 0 radical (unpaired) electrons. The highest BCUT2D eigenvalue weighted by Crippen LogP contribution is 2.27. The lowest BCUT2D eigenvalue weighted by Crippen LogP contribution is -2.22. The highest BCUT2D eigenvalue weighted by molar-refractivity contribution is 7.99. The first-order valence-electron chi connectivity index (χ1n) is 6.59. The van der Waals surface area contributed by atoms with Crippen LogP contribution < -0.4 is 0 Å². The predicted molar refractivity (Wildman–Crippen MR) is 77.8 cm³/mol. The molecule has 0 aromatic heterocycles. The fraction of sp³-hybridized carbons (Fsp3) is 0.533. The molecular weight excluding hydrogens is 276 g/mol. The van der Waals surface area contributed by atoms with Gasteiger partial charge in [0, 0.05) is 10.6 Å². The van der Waals surface area contributed by atoms with E-state index in [0.717, 1.165) is 16.2 Å². The van der Waals surface area contributed by atoms with E-state index in [2.05, 4.69) is 4.74 Å². The lowest BCUT2D eigenvalue weighted by atomic mass is 10.2. The molecule has 1 aromatic rings. The average molecular weight is 296 g/mol. The third-order valence-corrected chi connectivity index (χ3v) is 4.15. The standard InChI is InChI=1S/C15H20O4S/c1-15(2)18-9-12(19-15)10-20-13-6-4-11(5-7-13)8-14(16)17-3/h4-7,12H,8-10H2,1-3H3/t12-/m0/s1. The smallest absolute Gasteiger partial charge is 0.309 e. The molecule has 1 aliphatic rings. The number of esters is 1. The van der Waals surface area contributed by atoms with E-state index in [0.29, 0.717) is 13.0 Å². The van der Waals surface area contributed by atoms with Crippen LogP contribution >= 0.6 is 11.8 Å².